The Morgan fingerprint density at radius 2 is 1.88 bits per heavy atom. The molecule has 1 amide bonds. The SMILES string of the molecule is Cn1cc(-c2ccnc(Nc3ccc(C(=O)NCCCn4ccnc4[N+](=O)[O-])c(N4CCCCC4)c3)n2)c2ccccc21. The molecule has 12 heteroatoms. The van der Waals surface area contributed by atoms with Crippen molar-refractivity contribution in [3.05, 3.63) is 89.0 Å². The number of imidazole rings is 1. The van der Waals surface area contributed by atoms with Crippen LogP contribution in [0.25, 0.3) is 22.2 Å². The molecule has 3 aromatic heterocycles. The summed E-state index contributed by atoms with van der Waals surface area (Å²) < 4.78 is 3.57. The number of rotatable bonds is 10. The molecule has 0 bridgehead atoms. The van der Waals surface area contributed by atoms with Crippen LogP contribution in [0, 0.1) is 10.1 Å². The van der Waals surface area contributed by atoms with E-state index in [1.807, 2.05) is 43.4 Å². The first-order valence-electron chi connectivity index (χ1n) is 14.4. The van der Waals surface area contributed by atoms with Gasteiger partial charge in [-0.25, -0.2) is 14.5 Å². The maximum atomic E-state index is 13.3. The van der Waals surface area contributed by atoms with Crippen LogP contribution in [0.3, 0.4) is 0 Å². The number of aromatic nitrogens is 5. The van der Waals surface area contributed by atoms with Crippen LogP contribution in [0.5, 0.6) is 0 Å². The van der Waals surface area contributed by atoms with Crippen LogP contribution in [0.15, 0.2) is 73.3 Å². The normalized spacial score (nSPS) is 13.3. The molecule has 6 rings (SSSR count). The number of para-hydroxylation sites is 1. The Labute approximate surface area is 248 Å². The predicted octanol–water partition coefficient (Wildman–Crippen LogP) is 5.29. The van der Waals surface area contributed by atoms with E-state index in [2.05, 4.69) is 48.4 Å². The third kappa shape index (κ3) is 6.03. The van der Waals surface area contributed by atoms with Crippen LogP contribution in [-0.4, -0.2) is 54.6 Å². The topological polar surface area (TPSA) is 136 Å². The summed E-state index contributed by atoms with van der Waals surface area (Å²) in [6.45, 7) is 2.51. The average molecular weight is 580 g/mol. The molecule has 0 saturated carbocycles. The molecule has 5 aromatic rings. The van der Waals surface area contributed by atoms with Gasteiger partial charge < -0.3 is 30.2 Å². The fraction of sp³-hybridized carbons (Fsp3) is 0.290. The number of aryl methyl sites for hydroxylation is 2. The highest BCUT2D eigenvalue weighted by atomic mass is 16.6. The first kappa shape index (κ1) is 27.9. The fourth-order valence-electron chi connectivity index (χ4n) is 5.64. The molecule has 1 fully saturated rings. The lowest BCUT2D eigenvalue weighted by atomic mass is 10.1. The van der Waals surface area contributed by atoms with Gasteiger partial charge in [0.25, 0.3) is 5.91 Å². The van der Waals surface area contributed by atoms with Crippen LogP contribution in [0.2, 0.25) is 0 Å². The third-order valence-corrected chi connectivity index (χ3v) is 7.74. The summed E-state index contributed by atoms with van der Waals surface area (Å²) in [5.74, 6) is 0.0933. The van der Waals surface area contributed by atoms with Crippen molar-refractivity contribution in [3.63, 3.8) is 0 Å². The Hall–Kier alpha value is -5.26. The predicted molar refractivity (Wildman–Crippen MR) is 166 cm³/mol. The first-order chi connectivity index (χ1) is 21.0. The van der Waals surface area contributed by atoms with Crippen molar-refractivity contribution in [2.75, 3.05) is 29.9 Å². The van der Waals surface area contributed by atoms with Gasteiger partial charge in [0.15, 0.2) is 0 Å². The number of carbonyl (C=O) groups excluding carboxylic acids is 1. The molecule has 43 heavy (non-hydrogen) atoms. The number of nitrogens with one attached hydrogen (secondary N) is 2. The Kier molecular flexibility index (Phi) is 7.98. The number of benzene rings is 2. The lowest BCUT2D eigenvalue weighted by Crippen LogP contribution is -2.33. The van der Waals surface area contributed by atoms with Gasteiger partial charge in [-0.2, -0.15) is 0 Å². The van der Waals surface area contributed by atoms with Gasteiger partial charge in [0.2, 0.25) is 5.95 Å². The zero-order chi connectivity index (χ0) is 29.8. The largest absolute Gasteiger partial charge is 0.434 e. The van der Waals surface area contributed by atoms with E-state index in [0.717, 1.165) is 59.5 Å². The minimum atomic E-state index is -0.510. The molecule has 1 aliphatic heterocycles. The molecule has 2 aromatic carbocycles. The Morgan fingerprint density at radius 1 is 1.05 bits per heavy atom. The molecule has 1 saturated heterocycles. The van der Waals surface area contributed by atoms with Crippen molar-refractivity contribution < 1.29 is 9.72 Å². The highest BCUT2D eigenvalue weighted by Crippen LogP contribution is 2.31. The number of anilines is 3. The van der Waals surface area contributed by atoms with E-state index in [-0.39, 0.29) is 11.9 Å². The van der Waals surface area contributed by atoms with Crippen LogP contribution < -0.4 is 15.5 Å². The third-order valence-electron chi connectivity index (χ3n) is 7.74. The maximum absolute atomic E-state index is 13.3. The number of nitrogens with zero attached hydrogens (tertiary/aromatic N) is 7. The minimum absolute atomic E-state index is 0.179. The Bertz CT molecular complexity index is 1770. The number of fused-ring (bicyclic) bond motifs is 1. The summed E-state index contributed by atoms with van der Waals surface area (Å²) in [6, 6.07) is 15.8. The highest BCUT2D eigenvalue weighted by Gasteiger charge is 2.20. The maximum Gasteiger partial charge on any atom is 0.434 e. The van der Waals surface area contributed by atoms with E-state index < -0.39 is 4.92 Å². The smallest absolute Gasteiger partial charge is 0.390 e. The molecule has 4 heterocycles. The molecule has 0 unspecified atom stereocenters. The summed E-state index contributed by atoms with van der Waals surface area (Å²) in [5, 5.41) is 18.6. The van der Waals surface area contributed by atoms with E-state index in [0.29, 0.717) is 31.0 Å². The summed E-state index contributed by atoms with van der Waals surface area (Å²) in [5.41, 5.74) is 5.23. The standard InChI is InChI=1S/C31H33N9O3/c1-37-21-25(23-8-3-4-9-27(23)37)26-12-14-33-30(36-26)35-22-10-11-24(28(20-22)38-16-5-2-6-17-38)29(41)32-13-7-18-39-19-15-34-31(39)40(42)43/h3-4,8-12,14-15,19-21H,2,5-7,13,16-18H2,1H3,(H,32,41)(H,33,35,36). The molecule has 0 atom stereocenters. The van der Waals surface area contributed by atoms with E-state index in [1.165, 1.54) is 17.2 Å². The molecule has 2 N–H and O–H groups in total. The van der Waals surface area contributed by atoms with Gasteiger partial charge in [-0.1, -0.05) is 23.2 Å². The molecule has 220 valence electrons. The van der Waals surface area contributed by atoms with Gasteiger partial charge in [-0.15, -0.1) is 0 Å². The summed E-state index contributed by atoms with van der Waals surface area (Å²) >= 11 is 0. The van der Waals surface area contributed by atoms with E-state index in [9.17, 15) is 14.9 Å². The summed E-state index contributed by atoms with van der Waals surface area (Å²) in [4.78, 5) is 39.2. The van der Waals surface area contributed by atoms with Crippen LogP contribution in [-0.2, 0) is 13.6 Å². The second-order valence-electron chi connectivity index (χ2n) is 10.6. The lowest BCUT2D eigenvalue weighted by Gasteiger charge is -2.30. The van der Waals surface area contributed by atoms with Crippen molar-refractivity contribution in [1.82, 2.24) is 29.4 Å². The number of hydrogen-bond donors (Lipinski definition) is 2. The number of nitro groups is 1. The second kappa shape index (κ2) is 12.3. The molecular formula is C31H33N9O3. The van der Waals surface area contributed by atoms with E-state index in [1.54, 1.807) is 12.4 Å². The van der Waals surface area contributed by atoms with Crippen LogP contribution in [0.1, 0.15) is 36.0 Å². The number of piperidine rings is 1. The average Bonchev–Trinajstić information content (AvgIpc) is 3.64. The minimum Gasteiger partial charge on any atom is -0.390 e. The number of carbonyl (C=O) groups is 1. The van der Waals surface area contributed by atoms with Gasteiger partial charge >= 0.3 is 5.95 Å². The van der Waals surface area contributed by atoms with Gasteiger partial charge in [-0.05, 0) is 60.9 Å². The van der Waals surface area contributed by atoms with Crippen molar-refractivity contribution >= 4 is 40.1 Å². The molecule has 12 nitrogen and oxygen atoms in total. The summed E-state index contributed by atoms with van der Waals surface area (Å²) in [7, 11) is 2.03. The molecule has 0 radical (unpaired) electrons. The summed E-state index contributed by atoms with van der Waals surface area (Å²) in [6.07, 6.45) is 10.6. The quantitative estimate of drug-likeness (QED) is 0.129. The van der Waals surface area contributed by atoms with Gasteiger partial charge in [0, 0.05) is 61.2 Å². The monoisotopic (exact) mass is 579 g/mol. The van der Waals surface area contributed by atoms with E-state index in [4.69, 9.17) is 4.98 Å². The Morgan fingerprint density at radius 3 is 2.72 bits per heavy atom. The molecular weight excluding hydrogens is 546 g/mol. The number of amides is 1. The Balaban J connectivity index is 1.19. The highest BCUT2D eigenvalue weighted by molar-refractivity contribution is 6.00. The van der Waals surface area contributed by atoms with Crippen LogP contribution in [0.4, 0.5) is 23.3 Å². The molecule has 0 aliphatic carbocycles. The first-order valence-corrected chi connectivity index (χ1v) is 14.4. The van der Waals surface area contributed by atoms with Crippen LogP contribution >= 0.6 is 0 Å². The van der Waals surface area contributed by atoms with Gasteiger partial charge in [0.1, 0.15) is 12.4 Å². The lowest BCUT2D eigenvalue weighted by molar-refractivity contribution is -0.396. The van der Waals surface area contributed by atoms with Crippen molar-refractivity contribution in [2.45, 2.75) is 32.2 Å². The van der Waals surface area contributed by atoms with Crippen molar-refractivity contribution in [1.29, 1.82) is 0 Å². The van der Waals surface area contributed by atoms with Crippen molar-refractivity contribution in [3.8, 4) is 11.3 Å². The van der Waals surface area contributed by atoms with E-state index >= 15 is 0 Å². The zero-order valence-electron chi connectivity index (χ0n) is 23.9. The van der Waals surface area contributed by atoms with Gasteiger partial charge in [-0.3, -0.25) is 4.79 Å². The zero-order valence-corrected chi connectivity index (χ0v) is 23.9. The second-order valence-corrected chi connectivity index (χ2v) is 10.6. The van der Waals surface area contributed by atoms with Crippen molar-refractivity contribution in [2.24, 2.45) is 7.05 Å². The number of hydrogen-bond acceptors (Lipinski definition) is 8. The molecule has 0 spiro atoms. The fourth-order valence-corrected chi connectivity index (χ4v) is 5.64. The molecule has 1 aliphatic rings. The van der Waals surface area contributed by atoms with Gasteiger partial charge in [0.05, 0.1) is 23.5 Å².